The molecule has 8 nitrogen and oxygen atoms in total. The van der Waals surface area contributed by atoms with Crippen LogP contribution in [0.4, 0.5) is 5.69 Å². The molecule has 0 aliphatic heterocycles. The molecule has 0 aromatic heterocycles. The van der Waals surface area contributed by atoms with Gasteiger partial charge in [0.15, 0.2) is 0 Å². The van der Waals surface area contributed by atoms with Crippen molar-refractivity contribution in [2.75, 3.05) is 30.3 Å². The molecule has 3 rings (SSSR count). The molecule has 11 heteroatoms. The van der Waals surface area contributed by atoms with Crippen LogP contribution in [0.25, 0.3) is 0 Å². The predicted octanol–water partition coefficient (Wildman–Crippen LogP) is 5.32. The van der Waals surface area contributed by atoms with Crippen LogP contribution in [0, 0.1) is 0 Å². The quantitative estimate of drug-likeness (QED) is 0.263. The summed E-state index contributed by atoms with van der Waals surface area (Å²) in [5, 5.41) is 3.54. The second kappa shape index (κ2) is 15.1. The van der Waals surface area contributed by atoms with Gasteiger partial charge in [0.2, 0.25) is 21.8 Å². The smallest absolute Gasteiger partial charge is 0.244 e. The zero-order valence-electron chi connectivity index (χ0n) is 23.3. The van der Waals surface area contributed by atoms with Crippen LogP contribution in [0.15, 0.2) is 72.8 Å². The molecule has 0 fully saturated rings. The van der Waals surface area contributed by atoms with E-state index in [0.29, 0.717) is 40.9 Å². The first kappa shape index (κ1) is 32.2. The average Bonchev–Trinajstić information content (AvgIpc) is 2.94. The van der Waals surface area contributed by atoms with Gasteiger partial charge in [-0.3, -0.25) is 13.9 Å². The number of carbonyl (C=O) groups excluding carboxylic acids is 2. The molecule has 3 aromatic rings. The van der Waals surface area contributed by atoms with Crippen molar-refractivity contribution in [2.45, 2.75) is 39.3 Å². The van der Waals surface area contributed by atoms with Crippen molar-refractivity contribution in [2.24, 2.45) is 0 Å². The predicted molar refractivity (Wildman–Crippen MR) is 164 cm³/mol. The van der Waals surface area contributed by atoms with Crippen molar-refractivity contribution in [3.63, 3.8) is 0 Å². The fraction of sp³-hybridized carbons (Fsp3) is 0.333. The number of ether oxygens (including phenoxy) is 1. The third kappa shape index (κ3) is 8.86. The summed E-state index contributed by atoms with van der Waals surface area (Å²) in [4.78, 5) is 29.1. The van der Waals surface area contributed by atoms with E-state index in [0.717, 1.165) is 16.1 Å². The van der Waals surface area contributed by atoms with Crippen LogP contribution in [-0.4, -0.2) is 57.1 Å². The number of nitrogens with one attached hydrogen (secondary N) is 1. The maximum absolute atomic E-state index is 14.2. The summed E-state index contributed by atoms with van der Waals surface area (Å²) < 4.78 is 32.7. The Balaban J connectivity index is 2.11. The van der Waals surface area contributed by atoms with Gasteiger partial charge in [-0.15, -0.1) is 0 Å². The van der Waals surface area contributed by atoms with Crippen molar-refractivity contribution in [1.82, 2.24) is 10.2 Å². The monoisotopic (exact) mass is 619 g/mol. The lowest BCUT2D eigenvalue weighted by Crippen LogP contribution is -2.53. The number of hydrogen-bond acceptors (Lipinski definition) is 5. The van der Waals surface area contributed by atoms with Crippen LogP contribution in [-0.2, 0) is 32.6 Å². The Morgan fingerprint density at radius 2 is 1.56 bits per heavy atom. The summed E-state index contributed by atoms with van der Waals surface area (Å²) in [5.41, 5.74) is 1.50. The molecule has 0 bridgehead atoms. The molecule has 41 heavy (non-hydrogen) atoms. The molecule has 0 aliphatic carbocycles. The van der Waals surface area contributed by atoms with Gasteiger partial charge in [-0.05, 0) is 43.2 Å². The minimum absolute atomic E-state index is 0.112. The zero-order chi connectivity index (χ0) is 30.0. The Labute approximate surface area is 252 Å². The number of nitrogens with zero attached hydrogens (tertiary/aromatic N) is 2. The first-order valence-corrected chi connectivity index (χ1v) is 15.9. The molecule has 0 spiro atoms. The molecule has 1 atom stereocenters. The van der Waals surface area contributed by atoms with E-state index in [9.17, 15) is 18.0 Å². The van der Waals surface area contributed by atoms with Crippen molar-refractivity contribution in [1.29, 1.82) is 0 Å². The van der Waals surface area contributed by atoms with E-state index in [-0.39, 0.29) is 24.6 Å². The summed E-state index contributed by atoms with van der Waals surface area (Å²) in [7, 11) is -3.94. The Morgan fingerprint density at radius 1 is 0.927 bits per heavy atom. The van der Waals surface area contributed by atoms with Crippen molar-refractivity contribution >= 4 is 50.7 Å². The minimum atomic E-state index is -3.94. The highest BCUT2D eigenvalue weighted by molar-refractivity contribution is 7.92. The largest absolute Gasteiger partial charge is 0.492 e. The van der Waals surface area contributed by atoms with Gasteiger partial charge in [0.05, 0.1) is 18.6 Å². The van der Waals surface area contributed by atoms with E-state index in [2.05, 4.69) is 5.32 Å². The lowest BCUT2D eigenvalue weighted by atomic mass is 10.0. The molecule has 3 aromatic carbocycles. The summed E-state index contributed by atoms with van der Waals surface area (Å²) in [6.07, 6.45) is 1.91. The lowest BCUT2D eigenvalue weighted by molar-refractivity contribution is -0.140. The van der Waals surface area contributed by atoms with Gasteiger partial charge in [0, 0.05) is 35.1 Å². The Kier molecular flexibility index (Phi) is 11.9. The third-order valence-corrected chi connectivity index (χ3v) is 8.16. The highest BCUT2D eigenvalue weighted by Crippen LogP contribution is 2.31. The highest BCUT2D eigenvalue weighted by Gasteiger charge is 2.34. The molecule has 0 saturated heterocycles. The lowest BCUT2D eigenvalue weighted by Gasteiger charge is -2.34. The number of carbonyl (C=O) groups is 2. The van der Waals surface area contributed by atoms with E-state index < -0.39 is 28.5 Å². The SMILES string of the molecule is CCCNC(=O)C(Cc1ccccc1)N(Cc1c(Cl)cccc1Cl)C(=O)CN(c1ccccc1OCC)S(C)(=O)=O. The number of para-hydroxylation sites is 2. The van der Waals surface area contributed by atoms with Gasteiger partial charge in [0.1, 0.15) is 18.3 Å². The first-order valence-electron chi connectivity index (χ1n) is 13.3. The summed E-state index contributed by atoms with van der Waals surface area (Å²) in [6.45, 7) is 3.74. The second-order valence-electron chi connectivity index (χ2n) is 9.39. The van der Waals surface area contributed by atoms with Gasteiger partial charge < -0.3 is 15.0 Å². The second-order valence-corrected chi connectivity index (χ2v) is 12.1. The number of benzene rings is 3. The molecule has 1 N–H and O–H groups in total. The topological polar surface area (TPSA) is 96.0 Å². The maximum Gasteiger partial charge on any atom is 0.244 e. The number of sulfonamides is 1. The molecule has 1 unspecified atom stereocenters. The number of anilines is 1. The van der Waals surface area contributed by atoms with E-state index in [1.807, 2.05) is 37.3 Å². The first-order chi connectivity index (χ1) is 19.6. The summed E-state index contributed by atoms with van der Waals surface area (Å²) >= 11 is 13.0. The minimum Gasteiger partial charge on any atom is -0.492 e. The van der Waals surface area contributed by atoms with Gasteiger partial charge in [-0.25, -0.2) is 8.42 Å². The van der Waals surface area contributed by atoms with Crippen molar-refractivity contribution < 1.29 is 22.7 Å². The maximum atomic E-state index is 14.2. The Hall–Kier alpha value is -3.27. The van der Waals surface area contributed by atoms with Crippen LogP contribution in [0.1, 0.15) is 31.4 Å². The number of amides is 2. The number of rotatable bonds is 14. The normalized spacial score (nSPS) is 11.9. The van der Waals surface area contributed by atoms with Crippen LogP contribution < -0.4 is 14.4 Å². The third-order valence-electron chi connectivity index (χ3n) is 6.32. The van der Waals surface area contributed by atoms with Crippen LogP contribution in [0.2, 0.25) is 10.0 Å². The molecule has 0 saturated carbocycles. The van der Waals surface area contributed by atoms with Gasteiger partial charge in [0.25, 0.3) is 0 Å². The molecule has 2 amide bonds. The van der Waals surface area contributed by atoms with Gasteiger partial charge in [-0.1, -0.05) is 78.7 Å². The summed E-state index contributed by atoms with van der Waals surface area (Å²) in [5.74, 6) is -0.659. The van der Waals surface area contributed by atoms with Crippen LogP contribution >= 0.6 is 23.2 Å². The fourth-order valence-corrected chi connectivity index (χ4v) is 5.68. The molecular formula is C30H35Cl2N3O5S. The summed E-state index contributed by atoms with van der Waals surface area (Å²) in [6, 6.07) is 19.9. The highest BCUT2D eigenvalue weighted by atomic mass is 35.5. The zero-order valence-corrected chi connectivity index (χ0v) is 25.7. The van der Waals surface area contributed by atoms with E-state index in [4.69, 9.17) is 27.9 Å². The molecule has 0 aliphatic rings. The molecule has 0 heterocycles. The van der Waals surface area contributed by atoms with E-state index in [1.165, 1.54) is 4.90 Å². The van der Waals surface area contributed by atoms with Crippen LogP contribution in [0.5, 0.6) is 5.75 Å². The standard InChI is InChI=1S/C30H35Cl2N3O5S/c1-4-18-33-30(37)27(19-22-12-7-6-8-13-22)34(20-23-24(31)14-11-15-25(23)32)29(36)21-35(41(3,38)39)26-16-9-10-17-28(26)40-5-2/h6-17,27H,4-5,18-21H2,1-3H3,(H,33,37). The fourth-order valence-electron chi connectivity index (χ4n) is 4.31. The van der Waals surface area contributed by atoms with Crippen molar-refractivity contribution in [3.05, 3.63) is 94.0 Å². The van der Waals surface area contributed by atoms with Gasteiger partial charge >= 0.3 is 0 Å². The van der Waals surface area contributed by atoms with E-state index >= 15 is 0 Å². The number of hydrogen-bond donors (Lipinski definition) is 1. The molecule has 0 radical (unpaired) electrons. The number of halogens is 2. The van der Waals surface area contributed by atoms with Gasteiger partial charge in [-0.2, -0.15) is 0 Å². The molecular weight excluding hydrogens is 585 g/mol. The average molecular weight is 621 g/mol. The van der Waals surface area contributed by atoms with Crippen molar-refractivity contribution in [3.8, 4) is 5.75 Å². The molecule has 220 valence electrons. The Bertz CT molecular complexity index is 1420. The Morgan fingerprint density at radius 3 is 2.17 bits per heavy atom. The van der Waals surface area contributed by atoms with Crippen LogP contribution in [0.3, 0.4) is 0 Å². The van der Waals surface area contributed by atoms with E-state index in [1.54, 1.807) is 49.4 Å².